The van der Waals surface area contributed by atoms with Gasteiger partial charge in [-0.25, -0.2) is 0 Å². The van der Waals surface area contributed by atoms with E-state index in [1.54, 1.807) is 6.07 Å². The maximum absolute atomic E-state index is 11.2. The fraction of sp³-hybridized carbons (Fsp3) is 0.250. The van der Waals surface area contributed by atoms with Crippen LogP contribution in [0.1, 0.15) is 23.0 Å². The highest BCUT2D eigenvalue weighted by molar-refractivity contribution is 5.97. The van der Waals surface area contributed by atoms with Crippen molar-refractivity contribution in [3.05, 3.63) is 29.5 Å². The van der Waals surface area contributed by atoms with Gasteiger partial charge in [0.25, 0.3) is 0 Å². The summed E-state index contributed by atoms with van der Waals surface area (Å²) in [4.78, 5) is 11.2. The van der Waals surface area contributed by atoms with E-state index in [1.165, 1.54) is 6.92 Å². The van der Waals surface area contributed by atoms with Gasteiger partial charge in [-0.1, -0.05) is 12.1 Å². The number of hydrogen-bond donors (Lipinski definition) is 0. The average molecular weight is 202 g/mol. The van der Waals surface area contributed by atoms with Crippen molar-refractivity contribution in [2.75, 3.05) is 6.61 Å². The largest absolute Gasteiger partial charge is 0.489 e. The molecule has 3 nitrogen and oxygen atoms in total. The standard InChI is InChI=1S/C12H10O3/c1-7(13)10-6-9-3-2-8-4-5-14-11(8)12(9)15-10/h2-3,6H,4-5H2,1H3. The maximum atomic E-state index is 11.2. The number of rotatable bonds is 1. The molecular weight excluding hydrogens is 192 g/mol. The highest BCUT2D eigenvalue weighted by Crippen LogP contribution is 2.35. The van der Waals surface area contributed by atoms with E-state index >= 15 is 0 Å². The fourth-order valence-corrected chi connectivity index (χ4v) is 1.91. The summed E-state index contributed by atoms with van der Waals surface area (Å²) in [6, 6.07) is 5.77. The molecule has 3 rings (SSSR count). The first kappa shape index (κ1) is 8.53. The Bertz CT molecular complexity index is 551. The molecule has 2 heterocycles. The average Bonchev–Trinajstić information content (AvgIpc) is 2.82. The zero-order chi connectivity index (χ0) is 10.4. The molecule has 0 amide bonds. The van der Waals surface area contributed by atoms with Crippen molar-refractivity contribution >= 4 is 16.8 Å². The van der Waals surface area contributed by atoms with Crippen LogP contribution in [-0.4, -0.2) is 12.4 Å². The lowest BCUT2D eigenvalue weighted by molar-refractivity contribution is 0.0989. The van der Waals surface area contributed by atoms with Gasteiger partial charge in [-0.15, -0.1) is 0 Å². The van der Waals surface area contributed by atoms with E-state index in [1.807, 2.05) is 12.1 Å². The van der Waals surface area contributed by atoms with Crippen LogP contribution >= 0.6 is 0 Å². The van der Waals surface area contributed by atoms with E-state index in [-0.39, 0.29) is 5.78 Å². The molecule has 3 heteroatoms. The molecule has 0 unspecified atom stereocenters. The van der Waals surface area contributed by atoms with Gasteiger partial charge in [-0.05, 0) is 6.07 Å². The van der Waals surface area contributed by atoms with Gasteiger partial charge in [-0.2, -0.15) is 0 Å². The third kappa shape index (κ3) is 1.16. The molecule has 1 aliphatic heterocycles. The van der Waals surface area contributed by atoms with Crippen LogP contribution in [0.2, 0.25) is 0 Å². The number of hydrogen-bond acceptors (Lipinski definition) is 3. The molecule has 1 aromatic carbocycles. The lowest BCUT2D eigenvalue weighted by Gasteiger charge is -1.98. The van der Waals surface area contributed by atoms with Gasteiger partial charge in [0.1, 0.15) is 0 Å². The van der Waals surface area contributed by atoms with Gasteiger partial charge in [-0.3, -0.25) is 4.79 Å². The molecule has 0 N–H and O–H groups in total. The third-order valence-corrected chi connectivity index (χ3v) is 2.69. The Morgan fingerprint density at radius 2 is 2.27 bits per heavy atom. The Balaban J connectivity index is 2.31. The number of carbonyl (C=O) groups excluding carboxylic acids is 1. The predicted octanol–water partition coefficient (Wildman–Crippen LogP) is 2.57. The van der Waals surface area contributed by atoms with E-state index in [9.17, 15) is 4.79 Å². The summed E-state index contributed by atoms with van der Waals surface area (Å²) in [6.07, 6.45) is 0.918. The van der Waals surface area contributed by atoms with Gasteiger partial charge in [0, 0.05) is 24.3 Å². The minimum atomic E-state index is -0.0575. The van der Waals surface area contributed by atoms with Crippen molar-refractivity contribution in [3.63, 3.8) is 0 Å². The van der Waals surface area contributed by atoms with Crippen LogP contribution < -0.4 is 4.74 Å². The highest BCUT2D eigenvalue weighted by Gasteiger charge is 2.19. The van der Waals surface area contributed by atoms with Gasteiger partial charge < -0.3 is 9.15 Å². The summed E-state index contributed by atoms with van der Waals surface area (Å²) in [5, 5.41) is 0.931. The minimum absolute atomic E-state index is 0.0575. The second kappa shape index (κ2) is 2.86. The smallest absolute Gasteiger partial charge is 0.194 e. The van der Waals surface area contributed by atoms with Crippen molar-refractivity contribution in [3.8, 4) is 5.75 Å². The van der Waals surface area contributed by atoms with Crippen LogP contribution in [0.4, 0.5) is 0 Å². The van der Waals surface area contributed by atoms with E-state index in [0.29, 0.717) is 18.0 Å². The number of ketones is 1. The summed E-state index contributed by atoms with van der Waals surface area (Å²) in [5.74, 6) is 1.15. The Labute approximate surface area is 86.6 Å². The quantitative estimate of drug-likeness (QED) is 0.667. The Morgan fingerprint density at radius 3 is 3.07 bits per heavy atom. The molecular formula is C12H10O3. The molecule has 1 aromatic heterocycles. The van der Waals surface area contributed by atoms with Crippen molar-refractivity contribution in [1.82, 2.24) is 0 Å². The van der Waals surface area contributed by atoms with E-state index in [0.717, 1.165) is 23.1 Å². The molecule has 1 aliphatic rings. The molecule has 0 saturated carbocycles. The Kier molecular flexibility index (Phi) is 1.63. The van der Waals surface area contributed by atoms with Gasteiger partial charge in [0.05, 0.1) is 6.61 Å². The number of Topliss-reactive ketones (excluding diaryl/α,β-unsaturated/α-hetero) is 1. The lowest BCUT2D eigenvalue weighted by Crippen LogP contribution is -1.87. The topological polar surface area (TPSA) is 39.4 Å². The lowest BCUT2D eigenvalue weighted by atomic mass is 10.1. The fourth-order valence-electron chi connectivity index (χ4n) is 1.91. The van der Waals surface area contributed by atoms with Gasteiger partial charge in [0.2, 0.25) is 0 Å². The molecule has 0 aliphatic carbocycles. The van der Waals surface area contributed by atoms with Gasteiger partial charge >= 0.3 is 0 Å². The SMILES string of the molecule is CC(=O)c1cc2ccc3c(c2o1)OCC3. The summed E-state index contributed by atoms with van der Waals surface area (Å²) < 4.78 is 11.0. The predicted molar refractivity (Wildman–Crippen MR) is 55.4 cm³/mol. The number of carbonyl (C=O) groups is 1. The van der Waals surface area contributed by atoms with Crippen LogP contribution in [0.5, 0.6) is 5.75 Å². The second-order valence-electron chi connectivity index (χ2n) is 3.74. The first-order valence-corrected chi connectivity index (χ1v) is 4.95. The second-order valence-corrected chi connectivity index (χ2v) is 3.74. The number of furan rings is 1. The molecule has 0 atom stereocenters. The molecule has 0 bridgehead atoms. The first-order valence-electron chi connectivity index (χ1n) is 4.95. The van der Waals surface area contributed by atoms with Gasteiger partial charge in [0.15, 0.2) is 22.9 Å². The van der Waals surface area contributed by atoms with Crippen molar-refractivity contribution < 1.29 is 13.9 Å². The third-order valence-electron chi connectivity index (χ3n) is 2.69. The Morgan fingerprint density at radius 1 is 1.40 bits per heavy atom. The molecule has 15 heavy (non-hydrogen) atoms. The normalized spacial score (nSPS) is 13.9. The number of ether oxygens (including phenoxy) is 1. The van der Waals surface area contributed by atoms with Crippen LogP contribution in [0, 0.1) is 0 Å². The molecule has 0 saturated heterocycles. The summed E-state index contributed by atoms with van der Waals surface area (Å²) in [6.45, 7) is 2.20. The van der Waals surface area contributed by atoms with Crippen molar-refractivity contribution in [1.29, 1.82) is 0 Å². The first-order chi connectivity index (χ1) is 7.25. The minimum Gasteiger partial charge on any atom is -0.489 e. The number of benzene rings is 1. The summed E-state index contributed by atoms with van der Waals surface area (Å²) in [7, 11) is 0. The molecule has 76 valence electrons. The number of fused-ring (bicyclic) bond motifs is 3. The van der Waals surface area contributed by atoms with E-state index < -0.39 is 0 Å². The monoisotopic (exact) mass is 202 g/mol. The highest BCUT2D eigenvalue weighted by atomic mass is 16.5. The summed E-state index contributed by atoms with van der Waals surface area (Å²) in [5.41, 5.74) is 1.86. The van der Waals surface area contributed by atoms with Crippen LogP contribution in [-0.2, 0) is 6.42 Å². The zero-order valence-corrected chi connectivity index (χ0v) is 8.37. The summed E-state index contributed by atoms with van der Waals surface area (Å²) >= 11 is 0. The molecule has 2 aromatic rings. The van der Waals surface area contributed by atoms with Crippen LogP contribution in [0.15, 0.2) is 22.6 Å². The van der Waals surface area contributed by atoms with Crippen LogP contribution in [0.3, 0.4) is 0 Å². The van der Waals surface area contributed by atoms with Crippen molar-refractivity contribution in [2.45, 2.75) is 13.3 Å². The van der Waals surface area contributed by atoms with Crippen molar-refractivity contribution in [2.24, 2.45) is 0 Å². The molecule has 0 fully saturated rings. The van der Waals surface area contributed by atoms with E-state index in [2.05, 4.69) is 0 Å². The molecule has 0 spiro atoms. The maximum Gasteiger partial charge on any atom is 0.194 e. The van der Waals surface area contributed by atoms with Crippen LogP contribution in [0.25, 0.3) is 11.0 Å². The Hall–Kier alpha value is -1.77. The van der Waals surface area contributed by atoms with E-state index in [4.69, 9.17) is 9.15 Å². The molecule has 0 radical (unpaired) electrons. The zero-order valence-electron chi connectivity index (χ0n) is 8.37.